The minimum atomic E-state index is -0.641. The summed E-state index contributed by atoms with van der Waals surface area (Å²) in [6.07, 6.45) is 1.82. The van der Waals surface area contributed by atoms with Gasteiger partial charge in [0.05, 0.1) is 12.7 Å². The van der Waals surface area contributed by atoms with Crippen molar-refractivity contribution in [1.29, 1.82) is 0 Å². The Morgan fingerprint density at radius 2 is 2.00 bits per heavy atom. The van der Waals surface area contributed by atoms with Crippen LogP contribution in [-0.4, -0.2) is 44.1 Å². The average Bonchev–Trinajstić information content (AvgIpc) is 3.09. The highest BCUT2D eigenvalue weighted by Gasteiger charge is 2.30. The third-order valence-corrected chi connectivity index (χ3v) is 4.76. The van der Waals surface area contributed by atoms with Crippen LogP contribution in [0.5, 0.6) is 5.75 Å². The van der Waals surface area contributed by atoms with Gasteiger partial charge in [0.25, 0.3) is 5.91 Å². The molecule has 0 aliphatic carbocycles. The fourth-order valence-electron chi connectivity index (χ4n) is 3.42. The number of carbonyl (C=O) groups is 1. The molecule has 1 heterocycles. The largest absolute Gasteiger partial charge is 0.497 e. The normalized spacial score (nSPS) is 16.1. The number of methoxy groups -OCH3 is 1. The first-order chi connectivity index (χ1) is 12.5. The molecule has 1 N–H and O–H groups in total. The van der Waals surface area contributed by atoms with Crippen molar-refractivity contribution in [2.24, 2.45) is 0 Å². The molecule has 0 spiro atoms. The number of nitrogens with zero attached hydrogens (tertiary/aromatic N) is 1. The zero-order valence-corrected chi connectivity index (χ0v) is 16.1. The zero-order valence-electron chi connectivity index (χ0n) is 15.3. The number of nitrogens with one attached hydrogen (secondary N) is 1. The molecule has 1 aliphatic heterocycles. The number of amides is 1. The second kappa shape index (κ2) is 9.15. The summed E-state index contributed by atoms with van der Waals surface area (Å²) in [4.78, 5) is 14.4. The number of benzene rings is 2. The molecular weight excluding hydrogens is 374 g/mol. The fraction of sp³-hybridized carbons (Fsp3) is 0.350. The maximum Gasteiger partial charge on any atom is 0.257 e. The summed E-state index contributed by atoms with van der Waals surface area (Å²) < 4.78 is 33.8. The second-order valence-electron chi connectivity index (χ2n) is 6.39. The van der Waals surface area contributed by atoms with Gasteiger partial charge in [0, 0.05) is 30.8 Å². The standard InChI is InChI=1S/C20H22F2N2O2.ClH/c1-23-12-14-4-3-9-24(14)20(25)17-7-5-13(10-18(17)21)16-8-6-15(26-2)11-19(16)22;/h5-8,10-11,14,23H,3-4,9,12H2,1-2H3;1H. The predicted molar refractivity (Wildman–Crippen MR) is 104 cm³/mol. The Morgan fingerprint density at radius 1 is 1.22 bits per heavy atom. The van der Waals surface area contributed by atoms with E-state index in [-0.39, 0.29) is 35.5 Å². The second-order valence-corrected chi connectivity index (χ2v) is 6.39. The smallest absolute Gasteiger partial charge is 0.257 e. The van der Waals surface area contributed by atoms with Gasteiger partial charge >= 0.3 is 0 Å². The predicted octanol–water partition coefficient (Wildman–Crippen LogP) is 3.89. The lowest BCUT2D eigenvalue weighted by atomic mass is 10.0. The summed E-state index contributed by atoms with van der Waals surface area (Å²) in [5.74, 6) is -1.07. The van der Waals surface area contributed by atoms with Gasteiger partial charge in [-0.05, 0) is 49.7 Å². The number of ether oxygens (including phenoxy) is 1. The van der Waals surface area contributed by atoms with E-state index in [0.29, 0.717) is 24.4 Å². The van der Waals surface area contributed by atoms with Crippen molar-refractivity contribution in [1.82, 2.24) is 10.2 Å². The Kier molecular flexibility index (Phi) is 7.16. The van der Waals surface area contributed by atoms with Crippen molar-refractivity contribution in [2.75, 3.05) is 27.2 Å². The molecule has 1 unspecified atom stereocenters. The topological polar surface area (TPSA) is 41.6 Å². The van der Waals surface area contributed by atoms with Crippen LogP contribution in [0.15, 0.2) is 36.4 Å². The lowest BCUT2D eigenvalue weighted by Gasteiger charge is -2.25. The van der Waals surface area contributed by atoms with Gasteiger partial charge in [-0.3, -0.25) is 4.79 Å². The fourth-order valence-corrected chi connectivity index (χ4v) is 3.42. The summed E-state index contributed by atoms with van der Waals surface area (Å²) >= 11 is 0. The van der Waals surface area contributed by atoms with Gasteiger partial charge in [-0.25, -0.2) is 8.78 Å². The van der Waals surface area contributed by atoms with Crippen LogP contribution in [0.4, 0.5) is 8.78 Å². The minimum Gasteiger partial charge on any atom is -0.497 e. The van der Waals surface area contributed by atoms with Crippen molar-refractivity contribution >= 4 is 18.3 Å². The molecule has 1 aliphatic rings. The summed E-state index contributed by atoms with van der Waals surface area (Å²) in [6, 6.07) is 8.69. The molecular formula is C20H23ClF2N2O2. The third-order valence-electron chi connectivity index (χ3n) is 4.76. The summed E-state index contributed by atoms with van der Waals surface area (Å²) in [7, 11) is 3.29. The molecule has 3 rings (SSSR count). The van der Waals surface area contributed by atoms with Gasteiger partial charge in [-0.1, -0.05) is 6.07 Å². The van der Waals surface area contributed by atoms with Crippen LogP contribution in [0.3, 0.4) is 0 Å². The third kappa shape index (κ3) is 4.39. The summed E-state index contributed by atoms with van der Waals surface area (Å²) in [6.45, 7) is 1.31. The average molecular weight is 397 g/mol. The van der Waals surface area contributed by atoms with Crippen LogP contribution in [0.1, 0.15) is 23.2 Å². The van der Waals surface area contributed by atoms with E-state index in [2.05, 4.69) is 5.32 Å². The first-order valence-corrected chi connectivity index (χ1v) is 8.64. The Bertz CT molecular complexity index is 817. The van der Waals surface area contributed by atoms with Crippen molar-refractivity contribution in [2.45, 2.75) is 18.9 Å². The first kappa shape index (κ1) is 21.1. The van der Waals surface area contributed by atoms with E-state index >= 15 is 0 Å². The van der Waals surface area contributed by atoms with Crippen molar-refractivity contribution < 1.29 is 18.3 Å². The molecule has 146 valence electrons. The van der Waals surface area contributed by atoms with Gasteiger partial charge in [-0.2, -0.15) is 0 Å². The van der Waals surface area contributed by atoms with Crippen molar-refractivity contribution in [3.05, 3.63) is 53.6 Å². The van der Waals surface area contributed by atoms with Gasteiger partial charge in [0.2, 0.25) is 0 Å². The Labute approximate surface area is 163 Å². The molecule has 0 aromatic heterocycles. The maximum absolute atomic E-state index is 14.6. The minimum absolute atomic E-state index is 0. The highest BCUT2D eigenvalue weighted by Crippen LogP contribution is 2.29. The SMILES string of the molecule is CNCC1CCCN1C(=O)c1ccc(-c2ccc(OC)cc2F)cc1F.Cl. The van der Waals surface area contributed by atoms with E-state index in [1.54, 1.807) is 17.0 Å². The van der Waals surface area contributed by atoms with Gasteiger partial charge < -0.3 is 15.0 Å². The molecule has 7 heteroatoms. The Morgan fingerprint density at radius 3 is 2.63 bits per heavy atom. The van der Waals surface area contributed by atoms with Crippen LogP contribution in [0.2, 0.25) is 0 Å². The van der Waals surface area contributed by atoms with Crippen LogP contribution in [0.25, 0.3) is 11.1 Å². The van der Waals surface area contributed by atoms with E-state index in [9.17, 15) is 13.6 Å². The number of likely N-dealkylation sites (N-methyl/N-ethyl adjacent to an activating group) is 1. The van der Waals surface area contributed by atoms with E-state index < -0.39 is 11.6 Å². The molecule has 27 heavy (non-hydrogen) atoms. The number of likely N-dealkylation sites (tertiary alicyclic amines) is 1. The first-order valence-electron chi connectivity index (χ1n) is 8.64. The van der Waals surface area contributed by atoms with Crippen LogP contribution in [0, 0.1) is 11.6 Å². The number of hydrogen-bond acceptors (Lipinski definition) is 3. The van der Waals surface area contributed by atoms with E-state index in [0.717, 1.165) is 12.8 Å². The molecule has 0 saturated carbocycles. The van der Waals surface area contributed by atoms with Gasteiger partial charge in [0.1, 0.15) is 17.4 Å². The summed E-state index contributed by atoms with van der Waals surface area (Å²) in [5, 5.41) is 3.07. The van der Waals surface area contributed by atoms with Gasteiger partial charge in [-0.15, -0.1) is 12.4 Å². The zero-order chi connectivity index (χ0) is 18.7. The number of carbonyl (C=O) groups excluding carboxylic acids is 1. The molecule has 1 amide bonds. The lowest BCUT2D eigenvalue weighted by molar-refractivity contribution is 0.0732. The molecule has 1 saturated heterocycles. The molecule has 2 aromatic carbocycles. The maximum atomic E-state index is 14.6. The van der Waals surface area contributed by atoms with Gasteiger partial charge in [0.15, 0.2) is 0 Å². The van der Waals surface area contributed by atoms with Crippen molar-refractivity contribution in [3.63, 3.8) is 0 Å². The molecule has 0 radical (unpaired) electrons. The van der Waals surface area contributed by atoms with E-state index in [1.165, 1.54) is 31.4 Å². The van der Waals surface area contributed by atoms with E-state index in [4.69, 9.17) is 4.74 Å². The molecule has 4 nitrogen and oxygen atoms in total. The molecule has 0 bridgehead atoms. The van der Waals surface area contributed by atoms with Crippen LogP contribution < -0.4 is 10.1 Å². The number of hydrogen-bond donors (Lipinski definition) is 1. The van der Waals surface area contributed by atoms with Crippen LogP contribution in [-0.2, 0) is 0 Å². The number of halogens is 3. The van der Waals surface area contributed by atoms with Crippen molar-refractivity contribution in [3.8, 4) is 16.9 Å². The number of rotatable bonds is 5. The van der Waals surface area contributed by atoms with E-state index in [1.807, 2.05) is 7.05 Å². The monoisotopic (exact) mass is 396 g/mol. The quantitative estimate of drug-likeness (QED) is 0.833. The molecule has 1 atom stereocenters. The highest BCUT2D eigenvalue weighted by atomic mass is 35.5. The molecule has 1 fully saturated rings. The Balaban J connectivity index is 0.00000261. The molecule has 2 aromatic rings. The Hall–Kier alpha value is -2.18. The summed E-state index contributed by atoms with van der Waals surface area (Å²) in [5.41, 5.74) is 0.663. The van der Waals surface area contributed by atoms with Crippen LogP contribution >= 0.6 is 12.4 Å². The lowest BCUT2D eigenvalue weighted by Crippen LogP contribution is -2.41. The highest BCUT2D eigenvalue weighted by molar-refractivity contribution is 5.95.